The SMILES string of the molecule is CC(C)(C)NC(=O)c1cc(Br)nc(Br)c1. The Morgan fingerprint density at radius 2 is 1.73 bits per heavy atom. The van der Waals surface area contributed by atoms with E-state index in [1.54, 1.807) is 12.1 Å². The van der Waals surface area contributed by atoms with E-state index in [1.807, 2.05) is 20.8 Å². The van der Waals surface area contributed by atoms with Gasteiger partial charge in [-0.25, -0.2) is 4.98 Å². The summed E-state index contributed by atoms with van der Waals surface area (Å²) in [6.45, 7) is 5.82. The Kier molecular flexibility index (Phi) is 3.89. The van der Waals surface area contributed by atoms with Crippen LogP contribution in [0.3, 0.4) is 0 Å². The fourth-order valence-electron chi connectivity index (χ4n) is 1.01. The first-order valence-corrected chi connectivity index (χ1v) is 6.02. The molecule has 0 saturated carbocycles. The van der Waals surface area contributed by atoms with Crippen LogP contribution in [0.5, 0.6) is 0 Å². The Bertz CT molecular complexity index is 365. The smallest absolute Gasteiger partial charge is 0.251 e. The number of halogens is 2. The summed E-state index contributed by atoms with van der Waals surface area (Å²) in [6, 6.07) is 3.37. The van der Waals surface area contributed by atoms with Crippen LogP contribution in [-0.4, -0.2) is 16.4 Å². The second kappa shape index (κ2) is 4.61. The Morgan fingerprint density at radius 1 is 1.27 bits per heavy atom. The Balaban J connectivity index is 2.92. The Hall–Kier alpha value is -0.420. The summed E-state index contributed by atoms with van der Waals surface area (Å²) in [7, 11) is 0. The first-order valence-electron chi connectivity index (χ1n) is 4.43. The van der Waals surface area contributed by atoms with Gasteiger partial charge in [0.05, 0.1) is 0 Å². The molecule has 1 heterocycles. The number of aromatic nitrogens is 1. The first-order chi connectivity index (χ1) is 6.78. The highest BCUT2D eigenvalue weighted by molar-refractivity contribution is 9.11. The summed E-state index contributed by atoms with van der Waals surface area (Å²) >= 11 is 6.48. The van der Waals surface area contributed by atoms with Gasteiger partial charge in [-0.2, -0.15) is 0 Å². The number of carbonyl (C=O) groups excluding carboxylic acids is 1. The van der Waals surface area contributed by atoms with E-state index in [-0.39, 0.29) is 11.4 Å². The molecule has 0 bridgehead atoms. The molecule has 0 atom stereocenters. The third-order valence-electron chi connectivity index (χ3n) is 1.51. The number of nitrogens with zero attached hydrogens (tertiary/aromatic N) is 1. The van der Waals surface area contributed by atoms with Crippen molar-refractivity contribution in [2.24, 2.45) is 0 Å². The van der Waals surface area contributed by atoms with Crippen LogP contribution in [0.15, 0.2) is 21.3 Å². The predicted octanol–water partition coefficient (Wildman–Crippen LogP) is 3.13. The average molecular weight is 336 g/mol. The summed E-state index contributed by atoms with van der Waals surface area (Å²) in [4.78, 5) is 15.9. The summed E-state index contributed by atoms with van der Waals surface area (Å²) in [6.07, 6.45) is 0. The molecular weight excluding hydrogens is 324 g/mol. The largest absolute Gasteiger partial charge is 0.347 e. The van der Waals surface area contributed by atoms with Gasteiger partial charge in [-0.05, 0) is 64.8 Å². The van der Waals surface area contributed by atoms with Crippen LogP contribution in [-0.2, 0) is 0 Å². The molecule has 1 amide bonds. The molecule has 1 aromatic heterocycles. The molecule has 3 nitrogen and oxygen atoms in total. The fourth-order valence-corrected chi connectivity index (χ4v) is 2.12. The van der Waals surface area contributed by atoms with Crippen molar-refractivity contribution in [1.29, 1.82) is 0 Å². The number of hydrogen-bond donors (Lipinski definition) is 1. The van der Waals surface area contributed by atoms with E-state index in [4.69, 9.17) is 0 Å². The lowest BCUT2D eigenvalue weighted by Crippen LogP contribution is -2.40. The zero-order chi connectivity index (χ0) is 11.6. The Labute approximate surface area is 106 Å². The van der Waals surface area contributed by atoms with Gasteiger partial charge in [0, 0.05) is 11.1 Å². The minimum Gasteiger partial charge on any atom is -0.347 e. The van der Waals surface area contributed by atoms with Gasteiger partial charge in [0.25, 0.3) is 5.91 Å². The van der Waals surface area contributed by atoms with E-state index in [1.165, 1.54) is 0 Å². The zero-order valence-corrected chi connectivity index (χ0v) is 11.9. The van der Waals surface area contributed by atoms with Crippen molar-refractivity contribution < 1.29 is 4.79 Å². The molecule has 1 N–H and O–H groups in total. The monoisotopic (exact) mass is 334 g/mol. The van der Waals surface area contributed by atoms with Crippen molar-refractivity contribution >= 4 is 37.8 Å². The van der Waals surface area contributed by atoms with Crippen LogP contribution in [0.4, 0.5) is 0 Å². The lowest BCUT2D eigenvalue weighted by atomic mass is 10.1. The van der Waals surface area contributed by atoms with Crippen LogP contribution in [0, 0.1) is 0 Å². The van der Waals surface area contributed by atoms with Gasteiger partial charge >= 0.3 is 0 Å². The van der Waals surface area contributed by atoms with Crippen molar-refractivity contribution in [2.75, 3.05) is 0 Å². The molecule has 0 spiro atoms. The Morgan fingerprint density at radius 3 is 2.13 bits per heavy atom. The third-order valence-corrected chi connectivity index (χ3v) is 2.33. The molecular formula is C10H12Br2N2O. The number of pyridine rings is 1. The van der Waals surface area contributed by atoms with E-state index in [0.29, 0.717) is 14.8 Å². The van der Waals surface area contributed by atoms with Gasteiger partial charge < -0.3 is 5.32 Å². The maximum atomic E-state index is 11.8. The van der Waals surface area contributed by atoms with E-state index in [0.717, 1.165) is 0 Å². The molecule has 0 unspecified atom stereocenters. The van der Waals surface area contributed by atoms with E-state index >= 15 is 0 Å². The number of rotatable bonds is 1. The fraction of sp³-hybridized carbons (Fsp3) is 0.400. The molecule has 1 aromatic rings. The number of carbonyl (C=O) groups is 1. The molecule has 0 aliphatic carbocycles. The molecule has 1 rings (SSSR count). The number of hydrogen-bond acceptors (Lipinski definition) is 2. The highest BCUT2D eigenvalue weighted by Crippen LogP contribution is 2.16. The van der Waals surface area contributed by atoms with Gasteiger partial charge in [-0.3, -0.25) is 4.79 Å². The average Bonchev–Trinajstić information content (AvgIpc) is 1.98. The molecule has 5 heteroatoms. The molecule has 0 aliphatic rings. The lowest BCUT2D eigenvalue weighted by molar-refractivity contribution is 0.0919. The summed E-state index contributed by atoms with van der Waals surface area (Å²) < 4.78 is 1.27. The van der Waals surface area contributed by atoms with Crippen molar-refractivity contribution in [3.63, 3.8) is 0 Å². The molecule has 0 saturated heterocycles. The number of amides is 1. The molecule has 0 aliphatic heterocycles. The molecule has 0 aromatic carbocycles. The quantitative estimate of drug-likeness (QED) is 0.801. The van der Waals surface area contributed by atoms with Crippen LogP contribution < -0.4 is 5.32 Å². The van der Waals surface area contributed by atoms with Crippen LogP contribution in [0.25, 0.3) is 0 Å². The molecule has 15 heavy (non-hydrogen) atoms. The van der Waals surface area contributed by atoms with Gasteiger partial charge in [0.2, 0.25) is 0 Å². The van der Waals surface area contributed by atoms with Crippen molar-refractivity contribution in [2.45, 2.75) is 26.3 Å². The predicted molar refractivity (Wildman–Crippen MR) is 66.9 cm³/mol. The van der Waals surface area contributed by atoms with Crippen molar-refractivity contribution in [3.8, 4) is 0 Å². The summed E-state index contributed by atoms with van der Waals surface area (Å²) in [5.74, 6) is -0.105. The topological polar surface area (TPSA) is 42.0 Å². The van der Waals surface area contributed by atoms with Gasteiger partial charge in [0.15, 0.2) is 0 Å². The second-order valence-corrected chi connectivity index (χ2v) is 5.83. The minimum atomic E-state index is -0.237. The molecule has 0 radical (unpaired) electrons. The van der Waals surface area contributed by atoms with E-state index in [2.05, 4.69) is 42.2 Å². The normalized spacial score (nSPS) is 11.3. The minimum absolute atomic E-state index is 0.105. The third kappa shape index (κ3) is 4.30. The maximum absolute atomic E-state index is 11.8. The first kappa shape index (κ1) is 12.6. The summed E-state index contributed by atoms with van der Waals surface area (Å²) in [5, 5.41) is 2.88. The maximum Gasteiger partial charge on any atom is 0.251 e. The van der Waals surface area contributed by atoms with Crippen LogP contribution >= 0.6 is 31.9 Å². The molecule has 0 fully saturated rings. The number of nitrogens with one attached hydrogen (secondary N) is 1. The standard InChI is InChI=1S/C10H12Br2N2O/c1-10(2,3)14-9(15)6-4-7(11)13-8(12)5-6/h4-5H,1-3H3,(H,14,15). The second-order valence-electron chi connectivity index (χ2n) is 4.21. The zero-order valence-electron chi connectivity index (χ0n) is 8.77. The van der Waals surface area contributed by atoms with Crippen LogP contribution in [0.1, 0.15) is 31.1 Å². The van der Waals surface area contributed by atoms with E-state index < -0.39 is 0 Å². The van der Waals surface area contributed by atoms with E-state index in [9.17, 15) is 4.79 Å². The summed E-state index contributed by atoms with van der Waals surface area (Å²) in [5.41, 5.74) is 0.345. The molecule has 82 valence electrons. The van der Waals surface area contributed by atoms with Crippen molar-refractivity contribution in [1.82, 2.24) is 10.3 Å². The van der Waals surface area contributed by atoms with Crippen LogP contribution in [0.2, 0.25) is 0 Å². The highest BCUT2D eigenvalue weighted by atomic mass is 79.9. The van der Waals surface area contributed by atoms with Gasteiger partial charge in [-0.1, -0.05) is 0 Å². The van der Waals surface area contributed by atoms with Crippen molar-refractivity contribution in [3.05, 3.63) is 26.9 Å². The highest BCUT2D eigenvalue weighted by Gasteiger charge is 2.16. The lowest BCUT2D eigenvalue weighted by Gasteiger charge is -2.20. The van der Waals surface area contributed by atoms with Gasteiger partial charge in [-0.15, -0.1) is 0 Å². The van der Waals surface area contributed by atoms with Gasteiger partial charge in [0.1, 0.15) is 9.21 Å².